The summed E-state index contributed by atoms with van der Waals surface area (Å²) in [5.74, 6) is 8.97. The fourth-order valence-corrected chi connectivity index (χ4v) is 2.72. The van der Waals surface area contributed by atoms with Gasteiger partial charge >= 0.3 is 0 Å². The summed E-state index contributed by atoms with van der Waals surface area (Å²) >= 11 is 0. The van der Waals surface area contributed by atoms with Gasteiger partial charge in [-0.05, 0) is 37.4 Å². The topological polar surface area (TPSA) is 30.9 Å². The van der Waals surface area contributed by atoms with E-state index in [2.05, 4.69) is 23.7 Å². The molecule has 1 aromatic rings. The maximum absolute atomic E-state index is 5.72. The predicted octanol–water partition coefficient (Wildman–Crippen LogP) is 3.24. The Bertz CT molecular complexity index is 517. The summed E-state index contributed by atoms with van der Waals surface area (Å²) in [7, 11) is 3.23. The van der Waals surface area contributed by atoms with E-state index >= 15 is 0 Å². The lowest BCUT2D eigenvalue weighted by Gasteiger charge is -2.28. The molecule has 128 valence electrons. The second-order valence-corrected chi connectivity index (χ2v) is 5.62. The molecule has 5 heteroatoms. The van der Waals surface area contributed by atoms with Crippen molar-refractivity contribution in [2.24, 2.45) is 5.92 Å². The van der Waals surface area contributed by atoms with Gasteiger partial charge in [-0.25, -0.2) is 0 Å². The maximum atomic E-state index is 5.72. The van der Waals surface area contributed by atoms with Crippen molar-refractivity contribution in [3.63, 3.8) is 0 Å². The summed E-state index contributed by atoms with van der Waals surface area (Å²) in [6, 6.07) is 5.56. The Labute approximate surface area is 145 Å². The van der Waals surface area contributed by atoms with Gasteiger partial charge in [-0.15, -0.1) is 12.4 Å². The first-order valence-corrected chi connectivity index (χ1v) is 7.76. The first-order valence-electron chi connectivity index (χ1n) is 7.76. The highest BCUT2D eigenvalue weighted by atomic mass is 35.5. The highest BCUT2D eigenvalue weighted by Gasteiger charge is 2.14. The van der Waals surface area contributed by atoms with Crippen LogP contribution in [0.4, 0.5) is 0 Å². The van der Waals surface area contributed by atoms with E-state index in [0.29, 0.717) is 23.9 Å². The lowest BCUT2D eigenvalue weighted by atomic mass is 10.0. The quantitative estimate of drug-likeness (QED) is 0.771. The van der Waals surface area contributed by atoms with E-state index < -0.39 is 0 Å². The summed E-state index contributed by atoms with van der Waals surface area (Å²) in [5, 5.41) is 0. The van der Waals surface area contributed by atoms with Crippen molar-refractivity contribution in [1.82, 2.24) is 4.90 Å². The van der Waals surface area contributed by atoms with Crippen LogP contribution in [-0.4, -0.2) is 45.4 Å². The minimum atomic E-state index is 0. The van der Waals surface area contributed by atoms with Crippen molar-refractivity contribution < 1.29 is 14.2 Å². The van der Waals surface area contributed by atoms with Gasteiger partial charge in [0, 0.05) is 6.54 Å². The molecule has 0 spiro atoms. The highest BCUT2D eigenvalue weighted by molar-refractivity contribution is 5.85. The molecule has 4 nitrogen and oxygen atoms in total. The maximum Gasteiger partial charge on any atom is 0.204 e. The molecule has 0 amide bonds. The predicted molar refractivity (Wildman–Crippen MR) is 94.9 cm³/mol. The molecule has 1 saturated heterocycles. The van der Waals surface area contributed by atoms with Crippen LogP contribution in [0.15, 0.2) is 18.2 Å². The average molecular weight is 340 g/mol. The Morgan fingerprint density at radius 3 is 2.48 bits per heavy atom. The van der Waals surface area contributed by atoms with Gasteiger partial charge in [0.25, 0.3) is 0 Å². The minimum Gasteiger partial charge on any atom is -0.493 e. The van der Waals surface area contributed by atoms with Crippen molar-refractivity contribution in [3.8, 4) is 29.1 Å². The molecule has 1 aliphatic heterocycles. The zero-order valence-corrected chi connectivity index (χ0v) is 14.9. The first kappa shape index (κ1) is 19.5. The minimum absolute atomic E-state index is 0. The van der Waals surface area contributed by atoms with Crippen LogP contribution < -0.4 is 14.2 Å². The van der Waals surface area contributed by atoms with E-state index in [1.165, 1.54) is 12.8 Å². The molecule has 0 N–H and O–H groups in total. The van der Waals surface area contributed by atoms with E-state index in [1.807, 2.05) is 18.2 Å². The zero-order valence-electron chi connectivity index (χ0n) is 14.1. The molecule has 0 aliphatic carbocycles. The number of likely N-dealkylation sites (tertiary alicyclic amines) is 1. The Morgan fingerprint density at radius 1 is 1.17 bits per heavy atom. The van der Waals surface area contributed by atoms with E-state index in [1.54, 1.807) is 14.2 Å². The fourth-order valence-electron chi connectivity index (χ4n) is 2.72. The van der Waals surface area contributed by atoms with Crippen LogP contribution in [0.3, 0.4) is 0 Å². The molecule has 1 aliphatic rings. The normalized spacial score (nSPS) is 17.4. The summed E-state index contributed by atoms with van der Waals surface area (Å²) < 4.78 is 16.3. The van der Waals surface area contributed by atoms with Crippen molar-refractivity contribution in [2.45, 2.75) is 19.8 Å². The molecular formula is C18H26ClNO3. The number of piperidine rings is 1. The molecule has 2 rings (SSSR count). The van der Waals surface area contributed by atoms with Crippen molar-refractivity contribution in [1.29, 1.82) is 0 Å². The SMILES string of the molecule is COc1cccc(OC)c1OCC#CCN1CCCC(C)C1.Cl. The molecule has 0 aromatic heterocycles. The molecular weight excluding hydrogens is 314 g/mol. The standard InChI is InChI=1S/C18H25NO3.ClH/c1-15-8-7-12-19(14-15)11-4-5-13-22-18-16(20-2)9-6-10-17(18)21-3;/h6,9-10,15H,7-8,11-14H2,1-3H3;1H. The Morgan fingerprint density at radius 2 is 1.87 bits per heavy atom. The van der Waals surface area contributed by atoms with Gasteiger partial charge in [0.2, 0.25) is 5.75 Å². The molecule has 0 saturated carbocycles. The number of rotatable bonds is 5. The third-order valence-corrected chi connectivity index (χ3v) is 3.84. The number of ether oxygens (including phenoxy) is 3. The van der Waals surface area contributed by atoms with Gasteiger partial charge in [-0.3, -0.25) is 4.90 Å². The Balaban J connectivity index is 0.00000264. The fraction of sp³-hybridized carbons (Fsp3) is 0.556. The van der Waals surface area contributed by atoms with E-state index in [9.17, 15) is 0 Å². The second kappa shape index (κ2) is 10.3. The van der Waals surface area contributed by atoms with Gasteiger partial charge in [-0.2, -0.15) is 0 Å². The van der Waals surface area contributed by atoms with Crippen LogP contribution in [0, 0.1) is 17.8 Å². The molecule has 0 radical (unpaired) electrons. The Kier molecular flexibility index (Phi) is 8.68. The van der Waals surface area contributed by atoms with Crippen molar-refractivity contribution >= 4 is 12.4 Å². The van der Waals surface area contributed by atoms with Crippen LogP contribution >= 0.6 is 12.4 Å². The molecule has 1 unspecified atom stereocenters. The van der Waals surface area contributed by atoms with Gasteiger partial charge in [0.05, 0.1) is 20.8 Å². The average Bonchev–Trinajstić information content (AvgIpc) is 2.54. The summed E-state index contributed by atoms with van der Waals surface area (Å²) in [5.41, 5.74) is 0. The van der Waals surface area contributed by atoms with Crippen LogP contribution in [0.25, 0.3) is 0 Å². The van der Waals surface area contributed by atoms with Crippen LogP contribution in [0.5, 0.6) is 17.2 Å². The van der Waals surface area contributed by atoms with Crippen LogP contribution in [0.1, 0.15) is 19.8 Å². The molecule has 0 bridgehead atoms. The van der Waals surface area contributed by atoms with Crippen LogP contribution in [-0.2, 0) is 0 Å². The van der Waals surface area contributed by atoms with E-state index in [4.69, 9.17) is 14.2 Å². The molecule has 23 heavy (non-hydrogen) atoms. The molecule has 1 aromatic carbocycles. The molecule has 1 fully saturated rings. The number of halogens is 1. The van der Waals surface area contributed by atoms with Crippen LogP contribution in [0.2, 0.25) is 0 Å². The summed E-state index contributed by atoms with van der Waals surface area (Å²) in [6.45, 7) is 5.75. The number of para-hydroxylation sites is 1. The number of hydrogen-bond acceptors (Lipinski definition) is 4. The smallest absolute Gasteiger partial charge is 0.204 e. The Hall–Kier alpha value is -1.57. The summed E-state index contributed by atoms with van der Waals surface area (Å²) in [6.07, 6.45) is 2.61. The second-order valence-electron chi connectivity index (χ2n) is 5.62. The molecule has 1 atom stereocenters. The zero-order chi connectivity index (χ0) is 15.8. The van der Waals surface area contributed by atoms with Gasteiger partial charge in [0.1, 0.15) is 6.61 Å². The number of benzene rings is 1. The van der Waals surface area contributed by atoms with Gasteiger partial charge < -0.3 is 14.2 Å². The monoisotopic (exact) mass is 339 g/mol. The third kappa shape index (κ3) is 5.85. The lowest BCUT2D eigenvalue weighted by Crippen LogP contribution is -2.34. The number of methoxy groups -OCH3 is 2. The lowest BCUT2D eigenvalue weighted by molar-refractivity contribution is 0.204. The number of hydrogen-bond donors (Lipinski definition) is 0. The third-order valence-electron chi connectivity index (χ3n) is 3.84. The molecule has 1 heterocycles. The largest absolute Gasteiger partial charge is 0.493 e. The van der Waals surface area contributed by atoms with E-state index in [-0.39, 0.29) is 12.4 Å². The van der Waals surface area contributed by atoms with E-state index in [0.717, 1.165) is 25.6 Å². The van der Waals surface area contributed by atoms with Crippen molar-refractivity contribution in [3.05, 3.63) is 18.2 Å². The number of nitrogens with zero attached hydrogens (tertiary/aromatic N) is 1. The highest BCUT2D eigenvalue weighted by Crippen LogP contribution is 2.36. The van der Waals surface area contributed by atoms with Gasteiger partial charge in [-0.1, -0.05) is 24.8 Å². The van der Waals surface area contributed by atoms with Gasteiger partial charge in [0.15, 0.2) is 11.5 Å². The summed E-state index contributed by atoms with van der Waals surface area (Å²) in [4.78, 5) is 2.41. The first-order chi connectivity index (χ1) is 10.7. The van der Waals surface area contributed by atoms with Crippen molar-refractivity contribution in [2.75, 3.05) is 40.5 Å².